The molecule has 0 amide bonds. The lowest BCUT2D eigenvalue weighted by Gasteiger charge is -2.22. The highest BCUT2D eigenvalue weighted by Gasteiger charge is 2.38. The van der Waals surface area contributed by atoms with Gasteiger partial charge in [-0.2, -0.15) is 0 Å². The van der Waals surface area contributed by atoms with E-state index in [0.717, 1.165) is 12.8 Å². The number of rotatable bonds is 7. The van der Waals surface area contributed by atoms with Crippen molar-refractivity contribution in [3.63, 3.8) is 0 Å². The molecule has 0 aliphatic carbocycles. The average Bonchev–Trinajstić information content (AvgIpc) is 2.24. The molecule has 92 valence electrons. The molecule has 1 unspecified atom stereocenters. The molecule has 0 aliphatic heterocycles. The molecule has 3 nitrogen and oxygen atoms in total. The molecule has 0 saturated carbocycles. The summed E-state index contributed by atoms with van der Waals surface area (Å²) in [6.07, 6.45) is 6.34. The number of unbranched alkanes of at least 4 members (excludes halogenated alkanes) is 1. The summed E-state index contributed by atoms with van der Waals surface area (Å²) in [4.78, 5) is 23.2. The Hall–Kier alpha value is -1.12. The van der Waals surface area contributed by atoms with Crippen molar-refractivity contribution in [1.82, 2.24) is 0 Å². The van der Waals surface area contributed by atoms with E-state index in [2.05, 4.69) is 6.92 Å². The summed E-state index contributed by atoms with van der Waals surface area (Å²) < 4.78 is 4.93. The zero-order valence-electron chi connectivity index (χ0n) is 10.7. The summed E-state index contributed by atoms with van der Waals surface area (Å²) in [6, 6.07) is 0. The normalized spacial score (nSPS) is 14.8. The van der Waals surface area contributed by atoms with Gasteiger partial charge in [-0.1, -0.05) is 25.5 Å². The lowest BCUT2D eigenvalue weighted by molar-refractivity contribution is -0.158. The third-order valence-electron chi connectivity index (χ3n) is 2.65. The van der Waals surface area contributed by atoms with E-state index in [-0.39, 0.29) is 5.78 Å². The minimum Gasteiger partial charge on any atom is -0.465 e. The number of hydrogen-bond acceptors (Lipinski definition) is 3. The molecule has 0 aromatic heterocycles. The van der Waals surface area contributed by atoms with Crippen LogP contribution in [0, 0.1) is 5.41 Å². The number of esters is 1. The Labute approximate surface area is 97.9 Å². The number of carbonyl (C=O) groups excluding carboxylic acids is 2. The minimum atomic E-state index is -1.03. The van der Waals surface area contributed by atoms with Gasteiger partial charge in [0.1, 0.15) is 11.2 Å². The highest BCUT2D eigenvalue weighted by atomic mass is 16.5. The topological polar surface area (TPSA) is 43.4 Å². The maximum atomic E-state index is 11.7. The van der Waals surface area contributed by atoms with Gasteiger partial charge in [0, 0.05) is 0 Å². The Morgan fingerprint density at radius 3 is 2.31 bits per heavy atom. The number of ether oxygens (including phenoxy) is 1. The maximum Gasteiger partial charge on any atom is 0.319 e. The highest BCUT2D eigenvalue weighted by Crippen LogP contribution is 2.25. The predicted octanol–water partition coefficient (Wildman–Crippen LogP) is 2.89. The predicted molar refractivity (Wildman–Crippen MR) is 64.1 cm³/mol. The number of Topliss-reactive ketones (excluding diaryl/α,β-unsaturated/α-hetero) is 1. The van der Waals surface area contributed by atoms with E-state index < -0.39 is 11.4 Å². The van der Waals surface area contributed by atoms with Crippen molar-refractivity contribution in [3.05, 3.63) is 12.2 Å². The number of ketones is 1. The highest BCUT2D eigenvalue weighted by molar-refractivity contribution is 6.02. The standard InChI is InChI=1S/C13H22O3/c1-5-7-8-9-10-13(4,11(3)14)12(15)16-6-2/h8-9H,5-7,10H2,1-4H3/b9-8-. The van der Waals surface area contributed by atoms with E-state index in [1.54, 1.807) is 13.8 Å². The van der Waals surface area contributed by atoms with Crippen LogP contribution >= 0.6 is 0 Å². The Bertz CT molecular complexity index is 268. The quantitative estimate of drug-likeness (QED) is 0.381. The van der Waals surface area contributed by atoms with Crippen molar-refractivity contribution >= 4 is 11.8 Å². The molecule has 3 heteroatoms. The summed E-state index contributed by atoms with van der Waals surface area (Å²) in [6.45, 7) is 7.21. The summed E-state index contributed by atoms with van der Waals surface area (Å²) in [5, 5.41) is 0. The van der Waals surface area contributed by atoms with E-state index >= 15 is 0 Å². The first-order chi connectivity index (χ1) is 7.49. The molecule has 1 atom stereocenters. The second kappa shape index (κ2) is 7.20. The van der Waals surface area contributed by atoms with Gasteiger partial charge >= 0.3 is 5.97 Å². The summed E-state index contributed by atoms with van der Waals surface area (Å²) in [5.74, 6) is -0.573. The maximum absolute atomic E-state index is 11.7. The molecule has 0 bridgehead atoms. The van der Waals surface area contributed by atoms with Gasteiger partial charge in [0.25, 0.3) is 0 Å². The van der Waals surface area contributed by atoms with Crippen molar-refractivity contribution in [1.29, 1.82) is 0 Å². The van der Waals surface area contributed by atoms with Crippen molar-refractivity contribution in [2.24, 2.45) is 5.41 Å². The average molecular weight is 226 g/mol. The molecule has 0 aromatic rings. The zero-order chi connectivity index (χ0) is 12.6. The molecular weight excluding hydrogens is 204 g/mol. The van der Waals surface area contributed by atoms with Crippen LogP contribution in [0.2, 0.25) is 0 Å². The van der Waals surface area contributed by atoms with Crippen LogP contribution in [0.3, 0.4) is 0 Å². The largest absolute Gasteiger partial charge is 0.465 e. The van der Waals surface area contributed by atoms with Crippen molar-refractivity contribution < 1.29 is 14.3 Å². The van der Waals surface area contributed by atoms with Crippen LogP contribution in [0.15, 0.2) is 12.2 Å². The summed E-state index contributed by atoms with van der Waals surface area (Å²) >= 11 is 0. The smallest absolute Gasteiger partial charge is 0.319 e. The van der Waals surface area contributed by atoms with Gasteiger partial charge in [-0.05, 0) is 33.6 Å². The fraction of sp³-hybridized carbons (Fsp3) is 0.692. The molecule has 0 spiro atoms. The molecule has 0 radical (unpaired) electrons. The summed E-state index contributed by atoms with van der Waals surface area (Å²) in [5.41, 5.74) is -1.03. The Morgan fingerprint density at radius 2 is 1.88 bits per heavy atom. The van der Waals surface area contributed by atoms with Gasteiger partial charge < -0.3 is 4.74 Å². The van der Waals surface area contributed by atoms with Crippen LogP contribution in [0.25, 0.3) is 0 Å². The van der Waals surface area contributed by atoms with Crippen molar-refractivity contribution in [2.75, 3.05) is 6.61 Å². The van der Waals surface area contributed by atoms with Gasteiger partial charge in [-0.3, -0.25) is 9.59 Å². The van der Waals surface area contributed by atoms with E-state index in [1.807, 2.05) is 12.2 Å². The molecular formula is C13H22O3. The van der Waals surface area contributed by atoms with Gasteiger partial charge in [0.15, 0.2) is 0 Å². The second-order valence-corrected chi connectivity index (χ2v) is 4.07. The molecule has 0 rings (SSSR count). The fourth-order valence-electron chi connectivity index (χ4n) is 1.26. The van der Waals surface area contributed by atoms with Gasteiger partial charge in [0.2, 0.25) is 0 Å². The van der Waals surface area contributed by atoms with E-state index in [4.69, 9.17) is 4.74 Å². The minimum absolute atomic E-state index is 0.146. The third-order valence-corrected chi connectivity index (χ3v) is 2.65. The third kappa shape index (κ3) is 4.17. The molecule has 16 heavy (non-hydrogen) atoms. The van der Waals surface area contributed by atoms with Crippen LogP contribution in [-0.4, -0.2) is 18.4 Å². The number of carbonyl (C=O) groups is 2. The first-order valence-electron chi connectivity index (χ1n) is 5.82. The second-order valence-electron chi connectivity index (χ2n) is 4.07. The molecule has 0 heterocycles. The van der Waals surface area contributed by atoms with Crippen molar-refractivity contribution in [3.8, 4) is 0 Å². The number of hydrogen-bond donors (Lipinski definition) is 0. The van der Waals surface area contributed by atoms with Crippen LogP contribution < -0.4 is 0 Å². The van der Waals surface area contributed by atoms with Gasteiger partial charge in [-0.15, -0.1) is 0 Å². The van der Waals surface area contributed by atoms with E-state index in [9.17, 15) is 9.59 Å². The van der Waals surface area contributed by atoms with Gasteiger partial charge in [-0.25, -0.2) is 0 Å². The first kappa shape index (κ1) is 14.9. The van der Waals surface area contributed by atoms with E-state index in [0.29, 0.717) is 13.0 Å². The Balaban J connectivity index is 4.57. The molecule has 0 aromatic carbocycles. The van der Waals surface area contributed by atoms with Crippen LogP contribution in [-0.2, 0) is 14.3 Å². The Kier molecular flexibility index (Phi) is 6.70. The Morgan fingerprint density at radius 1 is 1.25 bits per heavy atom. The summed E-state index contributed by atoms with van der Waals surface area (Å²) in [7, 11) is 0. The lowest BCUT2D eigenvalue weighted by Crippen LogP contribution is -2.36. The van der Waals surface area contributed by atoms with Crippen molar-refractivity contribution in [2.45, 2.75) is 47.0 Å². The molecule has 0 fully saturated rings. The SMILES string of the molecule is CCC/C=C\CC(C)(C(C)=O)C(=O)OCC. The monoisotopic (exact) mass is 226 g/mol. The van der Waals surface area contributed by atoms with Gasteiger partial charge in [0.05, 0.1) is 6.61 Å². The van der Waals surface area contributed by atoms with E-state index in [1.165, 1.54) is 6.92 Å². The van der Waals surface area contributed by atoms with Crippen LogP contribution in [0.5, 0.6) is 0 Å². The van der Waals surface area contributed by atoms with Crippen LogP contribution in [0.1, 0.15) is 47.0 Å². The molecule has 0 N–H and O–H groups in total. The number of allylic oxidation sites excluding steroid dienone is 2. The molecule has 0 saturated heterocycles. The zero-order valence-corrected chi connectivity index (χ0v) is 10.7. The first-order valence-corrected chi connectivity index (χ1v) is 5.82. The fourth-order valence-corrected chi connectivity index (χ4v) is 1.26. The molecule has 0 aliphatic rings. The lowest BCUT2D eigenvalue weighted by atomic mass is 9.82. The van der Waals surface area contributed by atoms with Crippen LogP contribution in [0.4, 0.5) is 0 Å².